The van der Waals surface area contributed by atoms with E-state index in [0.717, 1.165) is 11.3 Å². The third-order valence-electron chi connectivity index (χ3n) is 2.49. The highest BCUT2D eigenvalue weighted by atomic mass is 35.5. The van der Waals surface area contributed by atoms with Gasteiger partial charge in [0.25, 0.3) is 0 Å². The predicted octanol–water partition coefficient (Wildman–Crippen LogP) is 2.57. The number of halogens is 1. The maximum absolute atomic E-state index is 11.5. The number of carbonyl (C=O) groups excluding carboxylic acids is 1. The van der Waals surface area contributed by atoms with Crippen molar-refractivity contribution in [2.24, 2.45) is 0 Å². The molecule has 1 aliphatic rings. The van der Waals surface area contributed by atoms with Gasteiger partial charge in [-0.2, -0.15) is 0 Å². The molecule has 1 N–H and O–H groups in total. The molecule has 0 aromatic heterocycles. The van der Waals surface area contributed by atoms with Crippen LogP contribution >= 0.6 is 11.6 Å². The van der Waals surface area contributed by atoms with E-state index in [1.54, 1.807) is 6.07 Å². The second-order valence-corrected chi connectivity index (χ2v) is 4.15. The van der Waals surface area contributed by atoms with Gasteiger partial charge >= 0.3 is 0 Å². The Labute approximate surface area is 81.9 Å². The SMILES string of the molecule is CC1(C)C(=O)Nc2c(Cl)cccc21. The minimum absolute atomic E-state index is 0.00981. The zero-order valence-corrected chi connectivity index (χ0v) is 8.27. The zero-order chi connectivity index (χ0) is 9.64. The topological polar surface area (TPSA) is 29.1 Å². The first-order valence-electron chi connectivity index (χ1n) is 4.14. The molecule has 0 bridgehead atoms. The van der Waals surface area contributed by atoms with Crippen LogP contribution in [0.15, 0.2) is 18.2 Å². The number of benzene rings is 1. The van der Waals surface area contributed by atoms with E-state index in [-0.39, 0.29) is 5.91 Å². The van der Waals surface area contributed by atoms with Crippen molar-refractivity contribution in [1.29, 1.82) is 0 Å². The molecule has 1 aromatic carbocycles. The van der Waals surface area contributed by atoms with Crippen LogP contribution in [-0.2, 0) is 10.2 Å². The lowest BCUT2D eigenvalue weighted by Crippen LogP contribution is -2.26. The van der Waals surface area contributed by atoms with E-state index in [1.165, 1.54) is 0 Å². The Morgan fingerprint density at radius 1 is 1.38 bits per heavy atom. The maximum atomic E-state index is 11.5. The summed E-state index contributed by atoms with van der Waals surface area (Å²) >= 11 is 5.95. The van der Waals surface area contributed by atoms with Gasteiger partial charge in [0.1, 0.15) is 0 Å². The van der Waals surface area contributed by atoms with E-state index in [2.05, 4.69) is 5.32 Å². The quantitative estimate of drug-likeness (QED) is 0.678. The summed E-state index contributed by atoms with van der Waals surface area (Å²) in [6.45, 7) is 3.79. The molecule has 0 aliphatic carbocycles. The Morgan fingerprint density at radius 3 is 2.69 bits per heavy atom. The largest absolute Gasteiger partial charge is 0.324 e. The molecule has 1 heterocycles. The standard InChI is InChI=1S/C10H10ClNO/c1-10(2)6-4-3-5-7(11)8(6)12-9(10)13/h3-5H,1-2H3,(H,12,13). The van der Waals surface area contributed by atoms with E-state index in [4.69, 9.17) is 11.6 Å². The number of hydrogen-bond donors (Lipinski definition) is 1. The Bertz CT molecular complexity index is 385. The van der Waals surface area contributed by atoms with Crippen LogP contribution in [-0.4, -0.2) is 5.91 Å². The summed E-state index contributed by atoms with van der Waals surface area (Å²) in [6, 6.07) is 5.57. The zero-order valence-electron chi connectivity index (χ0n) is 7.52. The van der Waals surface area contributed by atoms with Crippen LogP contribution in [0.2, 0.25) is 5.02 Å². The molecule has 68 valence electrons. The van der Waals surface area contributed by atoms with Gasteiger partial charge in [-0.1, -0.05) is 23.7 Å². The minimum Gasteiger partial charge on any atom is -0.324 e. The first-order valence-corrected chi connectivity index (χ1v) is 4.52. The number of anilines is 1. The number of fused-ring (bicyclic) bond motifs is 1. The summed E-state index contributed by atoms with van der Waals surface area (Å²) in [5.41, 5.74) is 1.28. The van der Waals surface area contributed by atoms with Gasteiger partial charge in [0.05, 0.1) is 16.1 Å². The molecular weight excluding hydrogens is 186 g/mol. The molecule has 1 aromatic rings. The van der Waals surface area contributed by atoms with E-state index >= 15 is 0 Å². The van der Waals surface area contributed by atoms with Crippen LogP contribution in [0.1, 0.15) is 19.4 Å². The molecular formula is C10H10ClNO. The summed E-state index contributed by atoms with van der Waals surface area (Å²) in [7, 11) is 0. The van der Waals surface area contributed by atoms with E-state index in [1.807, 2.05) is 26.0 Å². The van der Waals surface area contributed by atoms with E-state index in [9.17, 15) is 4.79 Å². The van der Waals surface area contributed by atoms with Gasteiger partial charge < -0.3 is 5.32 Å². The second-order valence-electron chi connectivity index (χ2n) is 3.74. The minimum atomic E-state index is -0.458. The van der Waals surface area contributed by atoms with Crippen molar-refractivity contribution in [3.05, 3.63) is 28.8 Å². The lowest BCUT2D eigenvalue weighted by atomic mass is 9.86. The normalized spacial score (nSPS) is 18.2. The van der Waals surface area contributed by atoms with Crippen LogP contribution in [0.3, 0.4) is 0 Å². The molecule has 0 spiro atoms. The van der Waals surface area contributed by atoms with Crippen LogP contribution in [0, 0.1) is 0 Å². The molecule has 0 unspecified atom stereocenters. The Hall–Kier alpha value is -1.02. The van der Waals surface area contributed by atoms with Gasteiger partial charge in [-0.05, 0) is 25.5 Å². The van der Waals surface area contributed by atoms with Gasteiger partial charge in [0.15, 0.2) is 0 Å². The molecule has 1 amide bonds. The molecule has 1 aliphatic heterocycles. The predicted molar refractivity (Wildman–Crippen MR) is 53.1 cm³/mol. The maximum Gasteiger partial charge on any atom is 0.234 e. The fourth-order valence-electron chi connectivity index (χ4n) is 1.56. The van der Waals surface area contributed by atoms with Crippen LogP contribution in [0.25, 0.3) is 0 Å². The van der Waals surface area contributed by atoms with E-state index in [0.29, 0.717) is 5.02 Å². The van der Waals surface area contributed by atoms with E-state index < -0.39 is 5.41 Å². The third kappa shape index (κ3) is 1.05. The van der Waals surface area contributed by atoms with Crippen LogP contribution < -0.4 is 5.32 Å². The Kier molecular flexibility index (Phi) is 1.64. The highest BCUT2D eigenvalue weighted by molar-refractivity contribution is 6.34. The lowest BCUT2D eigenvalue weighted by molar-refractivity contribution is -0.119. The van der Waals surface area contributed by atoms with Gasteiger partial charge in [-0.3, -0.25) is 4.79 Å². The first kappa shape index (κ1) is 8.57. The van der Waals surface area contributed by atoms with Gasteiger partial charge in [0, 0.05) is 0 Å². The number of para-hydroxylation sites is 1. The molecule has 0 saturated carbocycles. The van der Waals surface area contributed by atoms with Crippen LogP contribution in [0.4, 0.5) is 5.69 Å². The van der Waals surface area contributed by atoms with Crippen molar-refractivity contribution < 1.29 is 4.79 Å². The molecule has 0 atom stereocenters. The van der Waals surface area contributed by atoms with Crippen molar-refractivity contribution in [2.45, 2.75) is 19.3 Å². The van der Waals surface area contributed by atoms with Crippen molar-refractivity contribution >= 4 is 23.2 Å². The molecule has 0 saturated heterocycles. The van der Waals surface area contributed by atoms with Gasteiger partial charge in [-0.15, -0.1) is 0 Å². The number of nitrogens with one attached hydrogen (secondary N) is 1. The monoisotopic (exact) mass is 195 g/mol. The highest BCUT2D eigenvalue weighted by Crippen LogP contribution is 2.40. The molecule has 3 heteroatoms. The molecule has 0 radical (unpaired) electrons. The van der Waals surface area contributed by atoms with Crippen molar-refractivity contribution in [1.82, 2.24) is 0 Å². The Balaban J connectivity index is 2.68. The summed E-state index contributed by atoms with van der Waals surface area (Å²) in [5, 5.41) is 3.39. The lowest BCUT2D eigenvalue weighted by Gasteiger charge is -2.14. The number of rotatable bonds is 0. The number of hydrogen-bond acceptors (Lipinski definition) is 1. The molecule has 13 heavy (non-hydrogen) atoms. The van der Waals surface area contributed by atoms with Crippen molar-refractivity contribution in [3.8, 4) is 0 Å². The fourth-order valence-corrected chi connectivity index (χ4v) is 1.79. The number of carbonyl (C=O) groups is 1. The smallest absolute Gasteiger partial charge is 0.234 e. The summed E-state index contributed by atoms with van der Waals surface area (Å²) in [5.74, 6) is 0.00981. The molecule has 2 rings (SSSR count). The average molecular weight is 196 g/mol. The first-order chi connectivity index (χ1) is 6.03. The second kappa shape index (κ2) is 2.48. The van der Waals surface area contributed by atoms with Gasteiger partial charge in [0.2, 0.25) is 5.91 Å². The van der Waals surface area contributed by atoms with Crippen LogP contribution in [0.5, 0.6) is 0 Å². The summed E-state index contributed by atoms with van der Waals surface area (Å²) in [4.78, 5) is 11.5. The fraction of sp³-hybridized carbons (Fsp3) is 0.300. The summed E-state index contributed by atoms with van der Waals surface area (Å²) < 4.78 is 0. The third-order valence-corrected chi connectivity index (χ3v) is 2.81. The number of amides is 1. The molecule has 0 fully saturated rings. The summed E-state index contributed by atoms with van der Waals surface area (Å²) in [6.07, 6.45) is 0. The van der Waals surface area contributed by atoms with Crippen molar-refractivity contribution in [3.63, 3.8) is 0 Å². The highest BCUT2D eigenvalue weighted by Gasteiger charge is 2.38. The van der Waals surface area contributed by atoms with Gasteiger partial charge in [-0.25, -0.2) is 0 Å². The van der Waals surface area contributed by atoms with Crippen molar-refractivity contribution in [2.75, 3.05) is 5.32 Å². The molecule has 2 nitrogen and oxygen atoms in total. The average Bonchev–Trinajstić information content (AvgIpc) is 2.28. The Morgan fingerprint density at radius 2 is 2.08 bits per heavy atom.